The lowest BCUT2D eigenvalue weighted by atomic mass is 10.1. The topological polar surface area (TPSA) is 92.3 Å². The molecule has 0 saturated carbocycles. The number of rotatable bonds is 5. The van der Waals surface area contributed by atoms with Crippen molar-refractivity contribution in [1.29, 1.82) is 0 Å². The molecule has 0 bridgehead atoms. The van der Waals surface area contributed by atoms with E-state index >= 15 is 0 Å². The van der Waals surface area contributed by atoms with Crippen molar-refractivity contribution in [3.63, 3.8) is 0 Å². The molecule has 7 heteroatoms. The molecular weight excluding hydrogens is 388 g/mol. The smallest absolute Gasteiger partial charge is 0.257 e. The Morgan fingerprint density at radius 2 is 1.52 bits per heavy atom. The molecule has 0 aromatic heterocycles. The predicted molar refractivity (Wildman–Crippen MR) is 113 cm³/mol. The number of amides is 2. The molecule has 0 aliphatic carbocycles. The van der Waals surface area contributed by atoms with Gasteiger partial charge in [-0.3, -0.25) is 9.59 Å². The van der Waals surface area contributed by atoms with Crippen molar-refractivity contribution >= 4 is 33.0 Å². The van der Waals surface area contributed by atoms with Crippen molar-refractivity contribution in [2.75, 3.05) is 16.9 Å². The monoisotopic (exact) mass is 408 g/mol. The summed E-state index contributed by atoms with van der Waals surface area (Å²) in [6, 6.07) is 19.8. The molecule has 3 aromatic rings. The maximum absolute atomic E-state index is 12.7. The van der Waals surface area contributed by atoms with Gasteiger partial charge >= 0.3 is 0 Å². The largest absolute Gasteiger partial charge is 0.322 e. The number of para-hydroxylation sites is 1. The van der Waals surface area contributed by atoms with Gasteiger partial charge in [-0.1, -0.05) is 30.3 Å². The molecule has 0 radical (unpaired) electrons. The zero-order valence-corrected chi connectivity index (χ0v) is 16.8. The fourth-order valence-electron chi connectivity index (χ4n) is 2.77. The van der Waals surface area contributed by atoms with Crippen LogP contribution in [0.4, 0.5) is 11.4 Å². The maximum atomic E-state index is 12.7. The van der Waals surface area contributed by atoms with E-state index < -0.39 is 15.7 Å². The molecule has 3 rings (SSSR count). The van der Waals surface area contributed by atoms with Crippen LogP contribution in [-0.2, 0) is 9.84 Å². The van der Waals surface area contributed by atoms with Crippen LogP contribution in [0, 0.1) is 6.92 Å². The lowest BCUT2D eigenvalue weighted by Gasteiger charge is -2.12. The third-order valence-electron chi connectivity index (χ3n) is 4.22. The van der Waals surface area contributed by atoms with Crippen LogP contribution >= 0.6 is 0 Å². The molecule has 0 aliphatic heterocycles. The van der Waals surface area contributed by atoms with E-state index in [4.69, 9.17) is 0 Å². The minimum Gasteiger partial charge on any atom is -0.322 e. The molecule has 0 heterocycles. The number of benzene rings is 3. The Morgan fingerprint density at radius 3 is 2.24 bits per heavy atom. The van der Waals surface area contributed by atoms with E-state index in [9.17, 15) is 18.0 Å². The first-order valence-electron chi connectivity index (χ1n) is 8.82. The second-order valence-electron chi connectivity index (χ2n) is 6.62. The molecule has 0 aliphatic rings. The third-order valence-corrected chi connectivity index (χ3v) is 5.33. The highest BCUT2D eigenvalue weighted by Gasteiger charge is 2.16. The fourth-order valence-corrected chi connectivity index (χ4v) is 3.44. The molecule has 6 nitrogen and oxygen atoms in total. The number of carbonyl (C=O) groups excluding carboxylic acids is 2. The second-order valence-corrected chi connectivity index (χ2v) is 8.64. The zero-order valence-electron chi connectivity index (χ0n) is 16.0. The Morgan fingerprint density at radius 1 is 0.793 bits per heavy atom. The normalized spacial score (nSPS) is 11.0. The molecule has 0 atom stereocenters. The molecule has 2 amide bonds. The van der Waals surface area contributed by atoms with Crippen LogP contribution in [0.2, 0.25) is 0 Å². The Bertz CT molecular complexity index is 1190. The highest BCUT2D eigenvalue weighted by molar-refractivity contribution is 7.90. The van der Waals surface area contributed by atoms with Crippen LogP contribution in [0.1, 0.15) is 26.3 Å². The summed E-state index contributed by atoms with van der Waals surface area (Å²) in [5.41, 5.74) is 2.46. The molecule has 0 fully saturated rings. The Hall–Kier alpha value is -3.45. The number of nitrogens with one attached hydrogen (secondary N) is 2. The van der Waals surface area contributed by atoms with Crippen molar-refractivity contribution in [2.45, 2.75) is 11.8 Å². The molecule has 29 heavy (non-hydrogen) atoms. The number of sulfone groups is 1. The number of hydrogen-bond acceptors (Lipinski definition) is 4. The maximum Gasteiger partial charge on any atom is 0.257 e. The quantitative estimate of drug-likeness (QED) is 0.670. The standard InChI is InChI=1S/C22H20N2O4S/c1-15-7-5-9-17(13-15)23-22(26)19-11-3-4-12-20(19)24-21(25)16-8-6-10-18(14-16)29(2,27)28/h3-14H,1-2H3,(H,23,26)(H,24,25). The Balaban J connectivity index is 1.84. The average Bonchev–Trinajstić information content (AvgIpc) is 2.68. The minimum atomic E-state index is -3.44. The summed E-state index contributed by atoms with van der Waals surface area (Å²) in [6.45, 7) is 1.93. The summed E-state index contributed by atoms with van der Waals surface area (Å²) in [6.07, 6.45) is 1.08. The van der Waals surface area contributed by atoms with Crippen molar-refractivity contribution in [3.05, 3.63) is 89.5 Å². The summed E-state index contributed by atoms with van der Waals surface area (Å²) >= 11 is 0. The molecule has 148 valence electrons. The summed E-state index contributed by atoms with van der Waals surface area (Å²) in [4.78, 5) is 25.4. The van der Waals surface area contributed by atoms with Crippen LogP contribution in [0.3, 0.4) is 0 Å². The fraction of sp³-hybridized carbons (Fsp3) is 0.0909. The van der Waals surface area contributed by atoms with E-state index in [2.05, 4.69) is 10.6 Å². The highest BCUT2D eigenvalue weighted by Crippen LogP contribution is 2.20. The van der Waals surface area contributed by atoms with Gasteiger partial charge in [-0.2, -0.15) is 0 Å². The number of carbonyl (C=O) groups is 2. The third kappa shape index (κ3) is 5.08. The lowest BCUT2D eigenvalue weighted by Crippen LogP contribution is -2.18. The summed E-state index contributed by atoms with van der Waals surface area (Å²) < 4.78 is 23.4. The van der Waals surface area contributed by atoms with E-state index in [-0.39, 0.29) is 16.4 Å². The van der Waals surface area contributed by atoms with Gasteiger partial charge in [-0.25, -0.2) is 8.42 Å². The van der Waals surface area contributed by atoms with E-state index in [0.29, 0.717) is 16.9 Å². The van der Waals surface area contributed by atoms with Gasteiger partial charge in [-0.15, -0.1) is 0 Å². The summed E-state index contributed by atoms with van der Waals surface area (Å²) in [5, 5.41) is 5.50. The van der Waals surface area contributed by atoms with Crippen LogP contribution in [0.5, 0.6) is 0 Å². The van der Waals surface area contributed by atoms with E-state index in [1.54, 1.807) is 30.3 Å². The minimum absolute atomic E-state index is 0.0515. The first kappa shape index (κ1) is 20.3. The first-order chi connectivity index (χ1) is 13.7. The molecule has 3 aromatic carbocycles. The molecule has 0 spiro atoms. The molecule has 0 unspecified atom stereocenters. The van der Waals surface area contributed by atoms with Crippen LogP contribution in [-0.4, -0.2) is 26.5 Å². The van der Waals surface area contributed by atoms with Crippen LogP contribution in [0.15, 0.2) is 77.7 Å². The SMILES string of the molecule is Cc1cccc(NC(=O)c2ccccc2NC(=O)c2cccc(S(C)(=O)=O)c2)c1. The van der Waals surface area contributed by atoms with Gasteiger partial charge < -0.3 is 10.6 Å². The Kier molecular flexibility index (Phi) is 5.79. The highest BCUT2D eigenvalue weighted by atomic mass is 32.2. The Labute approximate surface area is 169 Å². The zero-order chi connectivity index (χ0) is 21.0. The van der Waals surface area contributed by atoms with Gasteiger partial charge in [0.1, 0.15) is 0 Å². The van der Waals surface area contributed by atoms with Gasteiger partial charge in [0.15, 0.2) is 9.84 Å². The molecule has 0 saturated heterocycles. The van der Waals surface area contributed by atoms with Gasteiger partial charge in [0.05, 0.1) is 16.1 Å². The van der Waals surface area contributed by atoms with Crippen LogP contribution < -0.4 is 10.6 Å². The van der Waals surface area contributed by atoms with Gasteiger partial charge in [0.2, 0.25) is 0 Å². The number of anilines is 2. The van der Waals surface area contributed by atoms with Crippen LogP contribution in [0.25, 0.3) is 0 Å². The lowest BCUT2D eigenvalue weighted by molar-refractivity contribution is 0.102. The molecule has 2 N–H and O–H groups in total. The van der Waals surface area contributed by atoms with E-state index in [1.807, 2.05) is 25.1 Å². The second kappa shape index (κ2) is 8.28. The van der Waals surface area contributed by atoms with Gasteiger partial charge in [-0.05, 0) is 55.0 Å². The van der Waals surface area contributed by atoms with Crippen molar-refractivity contribution in [3.8, 4) is 0 Å². The predicted octanol–water partition coefficient (Wildman–Crippen LogP) is 3.90. The van der Waals surface area contributed by atoms with Gasteiger partial charge in [0, 0.05) is 17.5 Å². The molecular formula is C22H20N2O4S. The first-order valence-corrected chi connectivity index (χ1v) is 10.7. The van der Waals surface area contributed by atoms with Crippen molar-refractivity contribution < 1.29 is 18.0 Å². The number of aryl methyl sites for hydroxylation is 1. The van der Waals surface area contributed by atoms with Crippen molar-refractivity contribution in [2.24, 2.45) is 0 Å². The van der Waals surface area contributed by atoms with Crippen molar-refractivity contribution in [1.82, 2.24) is 0 Å². The summed E-state index contributed by atoms with van der Waals surface area (Å²) in [7, 11) is -3.44. The van der Waals surface area contributed by atoms with E-state index in [0.717, 1.165) is 11.8 Å². The number of hydrogen-bond donors (Lipinski definition) is 2. The van der Waals surface area contributed by atoms with Gasteiger partial charge in [0.25, 0.3) is 11.8 Å². The average molecular weight is 408 g/mol. The summed E-state index contributed by atoms with van der Waals surface area (Å²) in [5.74, 6) is -0.873. The van der Waals surface area contributed by atoms with E-state index in [1.165, 1.54) is 24.3 Å².